The number of phenolic OH excluding ortho intramolecular Hbond substituents is 1. The third-order valence-electron chi connectivity index (χ3n) is 4.12. The summed E-state index contributed by atoms with van der Waals surface area (Å²) in [6, 6.07) is 1.42. The van der Waals surface area contributed by atoms with Gasteiger partial charge in [-0.15, -0.1) is 0 Å². The summed E-state index contributed by atoms with van der Waals surface area (Å²) in [5, 5.41) is 20.0. The number of rotatable bonds is 2. The van der Waals surface area contributed by atoms with Crippen molar-refractivity contribution in [1.82, 2.24) is 0 Å². The van der Waals surface area contributed by atoms with Crippen molar-refractivity contribution in [3.05, 3.63) is 45.9 Å². The van der Waals surface area contributed by atoms with Crippen molar-refractivity contribution in [3.63, 3.8) is 0 Å². The second-order valence-corrected chi connectivity index (χ2v) is 5.24. The van der Waals surface area contributed by atoms with E-state index in [1.807, 2.05) is 13.8 Å². The number of phenols is 1. The molecule has 0 aliphatic heterocycles. The highest BCUT2D eigenvalue weighted by atomic mass is 16.5. The Bertz CT molecular complexity index is 742. The highest BCUT2D eigenvalue weighted by Crippen LogP contribution is 2.46. The van der Waals surface area contributed by atoms with E-state index in [2.05, 4.69) is 0 Å². The van der Waals surface area contributed by atoms with Crippen molar-refractivity contribution >= 4 is 5.78 Å². The van der Waals surface area contributed by atoms with E-state index in [-0.39, 0.29) is 29.5 Å². The van der Waals surface area contributed by atoms with Gasteiger partial charge in [0.05, 0.1) is 25.5 Å². The fourth-order valence-electron chi connectivity index (χ4n) is 3.15. The lowest BCUT2D eigenvalue weighted by molar-refractivity contribution is 0.0997. The number of aliphatic hydroxyl groups is 1. The summed E-state index contributed by atoms with van der Waals surface area (Å²) in [5.41, 5.74) is 3.03. The van der Waals surface area contributed by atoms with Crippen molar-refractivity contribution in [3.8, 4) is 11.5 Å². The number of hydrogen-bond donors (Lipinski definition) is 2. The minimum Gasteiger partial charge on any atom is -0.507 e. The molecule has 0 fully saturated rings. The molecule has 1 aromatic carbocycles. The number of hydrogen-bond acceptors (Lipinski definition) is 5. The fraction of sp³-hybridized carbons (Fsp3) is 0.312. The van der Waals surface area contributed by atoms with Crippen LogP contribution in [-0.4, -0.2) is 29.7 Å². The highest BCUT2D eigenvalue weighted by Gasteiger charge is 2.38. The van der Waals surface area contributed by atoms with E-state index in [9.17, 15) is 15.0 Å². The maximum absolute atomic E-state index is 12.6. The van der Waals surface area contributed by atoms with Gasteiger partial charge in [-0.3, -0.25) is 4.79 Å². The molecule has 1 aliphatic carbocycles. The van der Waals surface area contributed by atoms with Crippen molar-refractivity contribution < 1.29 is 24.2 Å². The summed E-state index contributed by atoms with van der Waals surface area (Å²) in [7, 11) is 1.50. The van der Waals surface area contributed by atoms with E-state index in [1.54, 1.807) is 0 Å². The van der Waals surface area contributed by atoms with Crippen molar-refractivity contribution in [2.75, 3.05) is 13.7 Å². The Labute approximate surface area is 121 Å². The first-order valence-corrected chi connectivity index (χ1v) is 6.65. The molecule has 3 rings (SSSR count). The SMILES string of the molecule is COc1cc(O)c2c(c1C)[C@@H](CO)c1c(C)coc1C2=O. The smallest absolute Gasteiger partial charge is 0.232 e. The van der Waals surface area contributed by atoms with Crippen molar-refractivity contribution in [2.45, 2.75) is 19.8 Å². The number of carbonyl (C=O) groups is 1. The molecule has 110 valence electrons. The van der Waals surface area contributed by atoms with Crippen molar-refractivity contribution in [2.24, 2.45) is 0 Å². The summed E-state index contributed by atoms with van der Waals surface area (Å²) >= 11 is 0. The van der Waals surface area contributed by atoms with E-state index in [0.29, 0.717) is 16.9 Å². The lowest BCUT2D eigenvalue weighted by Crippen LogP contribution is -2.22. The Morgan fingerprint density at radius 1 is 1.33 bits per heavy atom. The lowest BCUT2D eigenvalue weighted by atomic mass is 9.77. The summed E-state index contributed by atoms with van der Waals surface area (Å²) < 4.78 is 10.6. The monoisotopic (exact) mass is 288 g/mol. The number of aromatic hydroxyl groups is 1. The average Bonchev–Trinajstić information content (AvgIpc) is 2.85. The van der Waals surface area contributed by atoms with Gasteiger partial charge in [0.25, 0.3) is 0 Å². The Kier molecular flexibility index (Phi) is 3.02. The van der Waals surface area contributed by atoms with E-state index >= 15 is 0 Å². The van der Waals surface area contributed by atoms with Crippen LogP contribution in [0.15, 0.2) is 16.7 Å². The molecule has 2 N–H and O–H groups in total. The summed E-state index contributed by atoms with van der Waals surface area (Å²) in [4.78, 5) is 12.6. The third-order valence-corrected chi connectivity index (χ3v) is 4.12. The van der Waals surface area contributed by atoms with Crippen LogP contribution in [0.2, 0.25) is 0 Å². The number of ketones is 1. The fourth-order valence-corrected chi connectivity index (χ4v) is 3.15. The van der Waals surface area contributed by atoms with Crippen LogP contribution in [-0.2, 0) is 0 Å². The van der Waals surface area contributed by atoms with E-state index in [1.165, 1.54) is 19.4 Å². The molecule has 0 amide bonds. The number of furan rings is 1. The lowest BCUT2D eigenvalue weighted by Gasteiger charge is -2.27. The van der Waals surface area contributed by atoms with Gasteiger partial charge in [-0.25, -0.2) is 0 Å². The predicted molar refractivity (Wildman–Crippen MR) is 75.2 cm³/mol. The van der Waals surface area contributed by atoms with Crippen LogP contribution in [0.3, 0.4) is 0 Å². The van der Waals surface area contributed by atoms with Crippen LogP contribution in [0, 0.1) is 13.8 Å². The van der Waals surface area contributed by atoms with Gasteiger partial charge in [-0.2, -0.15) is 0 Å². The largest absolute Gasteiger partial charge is 0.507 e. The maximum atomic E-state index is 12.6. The van der Waals surface area contributed by atoms with Gasteiger partial charge >= 0.3 is 0 Å². The quantitative estimate of drug-likeness (QED) is 0.886. The molecule has 0 saturated carbocycles. The molecule has 2 aromatic rings. The Hall–Kier alpha value is -2.27. The number of aliphatic hydroxyl groups excluding tert-OH is 1. The van der Waals surface area contributed by atoms with Gasteiger partial charge in [0.1, 0.15) is 11.5 Å². The number of methoxy groups -OCH3 is 1. The minimum atomic E-state index is -0.410. The van der Waals surface area contributed by atoms with Crippen LogP contribution in [0.1, 0.15) is 44.3 Å². The molecule has 0 unspecified atom stereocenters. The van der Waals surface area contributed by atoms with E-state index < -0.39 is 5.92 Å². The Morgan fingerprint density at radius 3 is 2.67 bits per heavy atom. The van der Waals surface area contributed by atoms with Gasteiger partial charge < -0.3 is 19.4 Å². The van der Waals surface area contributed by atoms with E-state index in [4.69, 9.17) is 9.15 Å². The Morgan fingerprint density at radius 2 is 2.05 bits per heavy atom. The average molecular weight is 288 g/mol. The number of carbonyl (C=O) groups excluding carboxylic acids is 1. The van der Waals surface area contributed by atoms with Crippen LogP contribution < -0.4 is 4.74 Å². The molecule has 1 atom stereocenters. The molecule has 21 heavy (non-hydrogen) atoms. The molecule has 0 spiro atoms. The molecule has 0 bridgehead atoms. The zero-order valence-electron chi connectivity index (χ0n) is 12.1. The highest BCUT2D eigenvalue weighted by molar-refractivity contribution is 6.13. The molecule has 1 heterocycles. The number of ether oxygens (including phenoxy) is 1. The molecular weight excluding hydrogens is 272 g/mol. The second-order valence-electron chi connectivity index (χ2n) is 5.24. The van der Waals surface area contributed by atoms with Gasteiger partial charge in [0.2, 0.25) is 5.78 Å². The molecule has 5 nitrogen and oxygen atoms in total. The van der Waals surface area contributed by atoms with Crippen LogP contribution >= 0.6 is 0 Å². The minimum absolute atomic E-state index is 0.157. The molecule has 0 radical (unpaired) electrons. The summed E-state index contributed by atoms with van der Waals surface area (Å²) in [5.74, 6) is -0.245. The van der Waals surface area contributed by atoms with Crippen LogP contribution in [0.5, 0.6) is 11.5 Å². The topological polar surface area (TPSA) is 79.9 Å². The third kappa shape index (κ3) is 1.70. The first kappa shape index (κ1) is 13.7. The van der Waals surface area contributed by atoms with Gasteiger partial charge in [0, 0.05) is 17.5 Å². The van der Waals surface area contributed by atoms with E-state index in [0.717, 1.165) is 11.1 Å². The zero-order valence-corrected chi connectivity index (χ0v) is 12.1. The summed E-state index contributed by atoms with van der Waals surface area (Å²) in [6.45, 7) is 3.47. The maximum Gasteiger partial charge on any atom is 0.232 e. The normalized spacial score (nSPS) is 16.6. The first-order valence-electron chi connectivity index (χ1n) is 6.65. The summed E-state index contributed by atoms with van der Waals surface area (Å²) in [6.07, 6.45) is 1.50. The van der Waals surface area contributed by atoms with Crippen LogP contribution in [0.25, 0.3) is 0 Å². The van der Waals surface area contributed by atoms with Gasteiger partial charge in [0.15, 0.2) is 5.76 Å². The van der Waals surface area contributed by atoms with Gasteiger partial charge in [-0.1, -0.05) is 0 Å². The molecule has 1 aromatic heterocycles. The van der Waals surface area contributed by atoms with Gasteiger partial charge in [-0.05, 0) is 30.5 Å². The Balaban J connectivity index is 2.38. The number of fused-ring (bicyclic) bond motifs is 2. The zero-order chi connectivity index (χ0) is 15.3. The standard InChI is InChI=1S/C16H16O5/c1-7-6-21-16-12(7)9(5-17)13-8(2)11(20-3)4-10(18)14(13)15(16)19/h4,6,9,17-18H,5H2,1-3H3/t9-/m0/s1. The number of benzene rings is 1. The van der Waals surface area contributed by atoms with Crippen LogP contribution in [0.4, 0.5) is 0 Å². The molecule has 1 aliphatic rings. The molecular formula is C16H16O5. The molecule has 5 heteroatoms. The first-order chi connectivity index (χ1) is 10.0. The predicted octanol–water partition coefficient (Wildman–Crippen LogP) is 2.28. The van der Waals surface area contributed by atoms with Crippen molar-refractivity contribution in [1.29, 1.82) is 0 Å². The molecule has 0 saturated heterocycles. The number of aryl methyl sites for hydroxylation is 1. The second kappa shape index (κ2) is 4.63.